The van der Waals surface area contributed by atoms with E-state index in [1.54, 1.807) is 24.3 Å². The molecule has 0 saturated carbocycles. The lowest BCUT2D eigenvalue weighted by Gasteiger charge is -2.00. The van der Waals surface area contributed by atoms with Crippen LogP contribution in [0.15, 0.2) is 24.3 Å². The lowest BCUT2D eigenvalue weighted by molar-refractivity contribution is 0.0697. The van der Waals surface area contributed by atoms with Crippen molar-refractivity contribution in [2.24, 2.45) is 0 Å². The predicted molar refractivity (Wildman–Crippen MR) is 62.9 cm³/mol. The molecule has 0 atom stereocenters. The van der Waals surface area contributed by atoms with Gasteiger partial charge in [0, 0.05) is 11.5 Å². The molecule has 0 amide bonds. The van der Waals surface area contributed by atoms with Gasteiger partial charge in [0.25, 0.3) is 0 Å². The fourth-order valence-electron chi connectivity index (χ4n) is 1.52. The summed E-state index contributed by atoms with van der Waals surface area (Å²) >= 11 is 0. The predicted octanol–water partition coefficient (Wildman–Crippen LogP) is 2.29. The zero-order chi connectivity index (χ0) is 12.4. The van der Waals surface area contributed by atoms with E-state index in [9.17, 15) is 4.79 Å². The molecule has 5 heteroatoms. The minimum absolute atomic E-state index is 0.210. The molecule has 0 aliphatic carbocycles. The quantitative estimate of drug-likeness (QED) is 0.849. The van der Waals surface area contributed by atoms with Crippen LogP contribution in [0.25, 0.3) is 11.4 Å². The number of nitrogens with zero attached hydrogens (tertiary/aromatic N) is 2. The number of carboxylic acids is 1. The van der Waals surface area contributed by atoms with Crippen LogP contribution in [-0.2, 0) is 0 Å². The summed E-state index contributed by atoms with van der Waals surface area (Å²) in [7, 11) is 0. The van der Waals surface area contributed by atoms with Crippen molar-refractivity contribution in [3.05, 3.63) is 35.7 Å². The topological polar surface area (TPSA) is 78.9 Å². The van der Waals surface area contributed by atoms with Crippen LogP contribution >= 0.6 is 0 Å². The largest absolute Gasteiger partial charge is 0.478 e. The number of nitrogens with one attached hydrogen (secondary N) is 1. The van der Waals surface area contributed by atoms with Crippen LogP contribution in [0.4, 0.5) is 0 Å². The van der Waals surface area contributed by atoms with Gasteiger partial charge in [-0.2, -0.15) is 5.10 Å². The van der Waals surface area contributed by atoms with Gasteiger partial charge in [0.2, 0.25) is 0 Å². The molecule has 17 heavy (non-hydrogen) atoms. The van der Waals surface area contributed by atoms with Gasteiger partial charge < -0.3 is 5.11 Å². The molecule has 0 unspecified atom stereocenters. The maximum absolute atomic E-state index is 11.1. The number of aromatic carboxylic acids is 1. The van der Waals surface area contributed by atoms with Crippen LogP contribution in [-0.4, -0.2) is 26.3 Å². The molecule has 1 heterocycles. The maximum Gasteiger partial charge on any atom is 0.336 e. The fourth-order valence-corrected chi connectivity index (χ4v) is 1.52. The Morgan fingerprint density at radius 3 is 2.65 bits per heavy atom. The molecular formula is C12H13N3O2. The lowest BCUT2D eigenvalue weighted by atomic mass is 10.1. The molecule has 0 spiro atoms. The van der Waals surface area contributed by atoms with Crippen LogP contribution in [0.2, 0.25) is 0 Å². The Bertz CT molecular complexity index is 546. The molecule has 2 rings (SSSR count). The monoisotopic (exact) mass is 231 g/mol. The molecule has 0 aliphatic heterocycles. The van der Waals surface area contributed by atoms with Gasteiger partial charge in [0.05, 0.1) is 5.56 Å². The number of aromatic amines is 1. The van der Waals surface area contributed by atoms with E-state index in [0.717, 1.165) is 5.82 Å². The van der Waals surface area contributed by atoms with E-state index in [-0.39, 0.29) is 11.5 Å². The van der Waals surface area contributed by atoms with Crippen molar-refractivity contribution in [3.8, 4) is 11.4 Å². The van der Waals surface area contributed by atoms with Gasteiger partial charge in [-0.25, -0.2) is 9.78 Å². The van der Waals surface area contributed by atoms with Gasteiger partial charge in [0.1, 0.15) is 5.82 Å². The number of hydrogen-bond acceptors (Lipinski definition) is 3. The third-order valence-corrected chi connectivity index (χ3v) is 2.45. The van der Waals surface area contributed by atoms with Gasteiger partial charge in [-0.1, -0.05) is 32.0 Å². The number of benzene rings is 1. The summed E-state index contributed by atoms with van der Waals surface area (Å²) in [6.07, 6.45) is 0. The number of carboxylic acid groups (broad SMARTS) is 1. The van der Waals surface area contributed by atoms with Crippen molar-refractivity contribution in [2.45, 2.75) is 19.8 Å². The molecule has 2 N–H and O–H groups in total. The van der Waals surface area contributed by atoms with Crippen molar-refractivity contribution in [2.75, 3.05) is 0 Å². The van der Waals surface area contributed by atoms with Gasteiger partial charge >= 0.3 is 5.97 Å². The zero-order valence-corrected chi connectivity index (χ0v) is 9.64. The second-order valence-electron chi connectivity index (χ2n) is 4.05. The third kappa shape index (κ3) is 2.18. The van der Waals surface area contributed by atoms with Gasteiger partial charge in [0.15, 0.2) is 5.82 Å². The number of rotatable bonds is 3. The Hall–Kier alpha value is -2.17. The summed E-state index contributed by atoms with van der Waals surface area (Å²) in [5.41, 5.74) is 0.741. The maximum atomic E-state index is 11.1. The van der Waals surface area contributed by atoms with Crippen LogP contribution < -0.4 is 0 Å². The van der Waals surface area contributed by atoms with Crippen molar-refractivity contribution in [3.63, 3.8) is 0 Å². The Balaban J connectivity index is 2.49. The first kappa shape index (κ1) is 11.3. The van der Waals surface area contributed by atoms with Crippen LogP contribution in [0, 0.1) is 0 Å². The Kier molecular flexibility index (Phi) is 2.91. The number of carbonyl (C=O) groups is 1. The summed E-state index contributed by atoms with van der Waals surface area (Å²) in [5, 5.41) is 15.9. The summed E-state index contributed by atoms with van der Waals surface area (Å²) in [4.78, 5) is 15.4. The Labute approximate surface area is 98.5 Å². The van der Waals surface area contributed by atoms with Gasteiger partial charge in [-0.3, -0.25) is 5.10 Å². The van der Waals surface area contributed by atoms with Crippen LogP contribution in [0.1, 0.15) is 35.9 Å². The zero-order valence-electron chi connectivity index (χ0n) is 9.64. The molecule has 88 valence electrons. The molecule has 0 saturated heterocycles. The van der Waals surface area contributed by atoms with E-state index in [0.29, 0.717) is 11.4 Å². The molecule has 0 radical (unpaired) electrons. The second kappa shape index (κ2) is 4.37. The highest BCUT2D eigenvalue weighted by atomic mass is 16.4. The van der Waals surface area contributed by atoms with Gasteiger partial charge in [-0.05, 0) is 6.07 Å². The third-order valence-electron chi connectivity index (χ3n) is 2.45. The van der Waals surface area contributed by atoms with Crippen LogP contribution in [0.5, 0.6) is 0 Å². The molecule has 2 aromatic rings. The van der Waals surface area contributed by atoms with Crippen molar-refractivity contribution >= 4 is 5.97 Å². The van der Waals surface area contributed by atoms with Crippen LogP contribution in [0.3, 0.4) is 0 Å². The van der Waals surface area contributed by atoms with Crippen molar-refractivity contribution < 1.29 is 9.90 Å². The summed E-state index contributed by atoms with van der Waals surface area (Å²) in [6, 6.07) is 6.70. The number of aromatic nitrogens is 3. The summed E-state index contributed by atoms with van der Waals surface area (Å²) in [5.74, 6) is 0.427. The van der Waals surface area contributed by atoms with Crippen molar-refractivity contribution in [1.82, 2.24) is 15.2 Å². The minimum Gasteiger partial charge on any atom is -0.478 e. The van der Waals surface area contributed by atoms with E-state index in [1.165, 1.54) is 0 Å². The van der Waals surface area contributed by atoms with E-state index in [4.69, 9.17) is 5.11 Å². The minimum atomic E-state index is -0.975. The average Bonchev–Trinajstić information content (AvgIpc) is 2.78. The van der Waals surface area contributed by atoms with E-state index in [1.807, 2.05) is 13.8 Å². The first-order valence-electron chi connectivity index (χ1n) is 5.34. The highest BCUT2D eigenvalue weighted by Gasteiger charge is 2.15. The number of H-pyrrole nitrogens is 1. The second-order valence-corrected chi connectivity index (χ2v) is 4.05. The average molecular weight is 231 g/mol. The first-order chi connectivity index (χ1) is 8.09. The molecule has 1 aromatic carbocycles. The normalized spacial score (nSPS) is 10.8. The molecule has 0 aliphatic rings. The Morgan fingerprint density at radius 1 is 1.35 bits per heavy atom. The molecule has 0 fully saturated rings. The Morgan fingerprint density at radius 2 is 2.06 bits per heavy atom. The highest BCUT2D eigenvalue weighted by Crippen LogP contribution is 2.21. The van der Waals surface area contributed by atoms with E-state index < -0.39 is 5.97 Å². The molecule has 0 bridgehead atoms. The van der Waals surface area contributed by atoms with Gasteiger partial charge in [-0.15, -0.1) is 0 Å². The van der Waals surface area contributed by atoms with E-state index in [2.05, 4.69) is 15.2 Å². The lowest BCUT2D eigenvalue weighted by Crippen LogP contribution is -1.99. The molecular weight excluding hydrogens is 218 g/mol. The number of hydrogen-bond donors (Lipinski definition) is 2. The SMILES string of the molecule is CC(C)c1nc(-c2ccccc2C(=O)O)n[nH]1. The molecule has 1 aromatic heterocycles. The summed E-state index contributed by atoms with van der Waals surface area (Å²) in [6.45, 7) is 3.99. The summed E-state index contributed by atoms with van der Waals surface area (Å²) < 4.78 is 0. The first-order valence-corrected chi connectivity index (χ1v) is 5.34. The molecule has 5 nitrogen and oxygen atoms in total. The van der Waals surface area contributed by atoms with Crippen molar-refractivity contribution in [1.29, 1.82) is 0 Å². The fraction of sp³-hybridized carbons (Fsp3) is 0.250. The highest BCUT2D eigenvalue weighted by molar-refractivity contribution is 5.94. The smallest absolute Gasteiger partial charge is 0.336 e. The standard InChI is InChI=1S/C12H13N3O2/c1-7(2)10-13-11(15-14-10)8-5-3-4-6-9(8)12(16)17/h3-7H,1-2H3,(H,16,17)(H,13,14,15). The van der Waals surface area contributed by atoms with E-state index >= 15 is 0 Å².